The van der Waals surface area contributed by atoms with E-state index < -0.39 is 0 Å². The second-order valence-electron chi connectivity index (χ2n) is 5.80. The van der Waals surface area contributed by atoms with Crippen molar-refractivity contribution in [3.8, 4) is 28.7 Å². The van der Waals surface area contributed by atoms with Crippen LogP contribution in [0.1, 0.15) is 16.1 Å². The van der Waals surface area contributed by atoms with Crippen LogP contribution in [0.25, 0.3) is 10.8 Å². The molecule has 0 amide bonds. The first-order valence-electron chi connectivity index (χ1n) is 8.44. The fraction of sp³-hybridized carbons (Fsp3) is 0.238. The number of ether oxygens (including phenoxy) is 5. The number of aromatic nitrogens is 1. The Morgan fingerprint density at radius 3 is 2.04 bits per heavy atom. The van der Waals surface area contributed by atoms with Crippen molar-refractivity contribution in [2.75, 3.05) is 35.5 Å². The van der Waals surface area contributed by atoms with Crippen LogP contribution in [-0.2, 0) is 0 Å². The summed E-state index contributed by atoms with van der Waals surface area (Å²) in [5.74, 6) is 1.99. The Bertz CT molecular complexity index is 1030. The predicted molar refractivity (Wildman–Crippen MR) is 104 cm³/mol. The number of ketones is 1. The third kappa shape index (κ3) is 3.15. The van der Waals surface area contributed by atoms with Crippen molar-refractivity contribution in [1.29, 1.82) is 0 Å². The van der Waals surface area contributed by atoms with Crippen LogP contribution >= 0.6 is 0 Å². The number of carbonyl (C=O) groups excluding carboxylic acids is 1. The normalized spacial score (nSPS) is 10.5. The minimum absolute atomic E-state index is 0.238. The fourth-order valence-corrected chi connectivity index (χ4v) is 3.09. The molecule has 0 fully saturated rings. The Morgan fingerprint density at radius 2 is 1.43 bits per heavy atom. The number of rotatable bonds is 7. The highest BCUT2D eigenvalue weighted by Gasteiger charge is 2.23. The van der Waals surface area contributed by atoms with Gasteiger partial charge in [-0.25, -0.2) is 0 Å². The smallest absolute Gasteiger partial charge is 0.212 e. The number of pyridine rings is 1. The zero-order chi connectivity index (χ0) is 20.3. The van der Waals surface area contributed by atoms with Crippen LogP contribution < -0.4 is 23.7 Å². The first-order valence-corrected chi connectivity index (χ1v) is 8.44. The molecule has 7 heteroatoms. The maximum Gasteiger partial charge on any atom is 0.212 e. The monoisotopic (exact) mass is 383 g/mol. The molecule has 0 atom stereocenters. The summed E-state index contributed by atoms with van der Waals surface area (Å²) in [7, 11) is 7.62. The van der Waals surface area contributed by atoms with Gasteiger partial charge in [0.25, 0.3) is 0 Å². The van der Waals surface area contributed by atoms with Gasteiger partial charge in [-0.05, 0) is 35.7 Å². The van der Waals surface area contributed by atoms with Gasteiger partial charge in [0, 0.05) is 11.8 Å². The highest BCUT2D eigenvalue weighted by atomic mass is 16.5. The highest BCUT2D eigenvalue weighted by Crippen LogP contribution is 2.44. The molecule has 3 rings (SSSR count). The van der Waals surface area contributed by atoms with Gasteiger partial charge in [0.2, 0.25) is 11.5 Å². The standard InChI is InChI=1S/C21H21NO6/c1-24-14-7-6-13(11-15(14)25-2)19(23)18-17-12(8-9-22-18)10-16(26-3)20(27-4)21(17)28-5/h6-11H,1-5H3. The van der Waals surface area contributed by atoms with E-state index in [2.05, 4.69) is 4.98 Å². The first kappa shape index (κ1) is 19.3. The summed E-state index contributed by atoms with van der Waals surface area (Å²) in [6.07, 6.45) is 1.57. The summed E-state index contributed by atoms with van der Waals surface area (Å²) < 4.78 is 26.9. The summed E-state index contributed by atoms with van der Waals surface area (Å²) in [6, 6.07) is 8.53. The van der Waals surface area contributed by atoms with E-state index in [0.29, 0.717) is 39.7 Å². The number of carbonyl (C=O) groups is 1. The maximum atomic E-state index is 13.3. The van der Waals surface area contributed by atoms with Gasteiger partial charge >= 0.3 is 0 Å². The van der Waals surface area contributed by atoms with Crippen LogP contribution in [0, 0.1) is 0 Å². The Morgan fingerprint density at radius 1 is 0.750 bits per heavy atom. The Hall–Kier alpha value is -3.48. The van der Waals surface area contributed by atoms with Gasteiger partial charge in [-0.2, -0.15) is 0 Å². The Labute approximate surface area is 162 Å². The first-order chi connectivity index (χ1) is 13.6. The quantitative estimate of drug-likeness (QED) is 0.578. The average molecular weight is 383 g/mol. The van der Waals surface area contributed by atoms with Gasteiger partial charge in [-0.15, -0.1) is 0 Å². The maximum absolute atomic E-state index is 13.3. The van der Waals surface area contributed by atoms with Crippen LogP contribution in [0.15, 0.2) is 36.5 Å². The van der Waals surface area contributed by atoms with Crippen LogP contribution in [-0.4, -0.2) is 46.3 Å². The molecule has 146 valence electrons. The number of hydrogen-bond acceptors (Lipinski definition) is 7. The van der Waals surface area contributed by atoms with Crippen molar-refractivity contribution in [3.05, 3.63) is 47.8 Å². The zero-order valence-electron chi connectivity index (χ0n) is 16.4. The molecule has 0 unspecified atom stereocenters. The number of fused-ring (bicyclic) bond motifs is 1. The number of benzene rings is 2. The zero-order valence-corrected chi connectivity index (χ0v) is 16.4. The molecule has 2 aromatic carbocycles. The largest absolute Gasteiger partial charge is 0.493 e. The van der Waals surface area contributed by atoms with Crippen LogP contribution in [0.3, 0.4) is 0 Å². The Kier molecular flexibility index (Phi) is 5.54. The molecule has 0 radical (unpaired) electrons. The minimum atomic E-state index is -0.280. The highest BCUT2D eigenvalue weighted by molar-refractivity contribution is 6.17. The third-order valence-corrected chi connectivity index (χ3v) is 4.42. The van der Waals surface area contributed by atoms with E-state index in [-0.39, 0.29) is 11.5 Å². The molecule has 0 N–H and O–H groups in total. The van der Waals surface area contributed by atoms with E-state index in [1.807, 2.05) is 0 Å². The van der Waals surface area contributed by atoms with Gasteiger partial charge < -0.3 is 23.7 Å². The van der Waals surface area contributed by atoms with E-state index in [9.17, 15) is 4.79 Å². The molecule has 0 saturated carbocycles. The molecule has 0 aliphatic carbocycles. The van der Waals surface area contributed by atoms with Gasteiger partial charge in [-0.3, -0.25) is 9.78 Å². The summed E-state index contributed by atoms with van der Waals surface area (Å²) in [5, 5.41) is 1.29. The third-order valence-electron chi connectivity index (χ3n) is 4.42. The van der Waals surface area contributed by atoms with Crippen LogP contribution in [0.5, 0.6) is 28.7 Å². The number of nitrogens with zero attached hydrogens (tertiary/aromatic N) is 1. The summed E-state index contributed by atoms with van der Waals surface area (Å²) in [5.41, 5.74) is 0.650. The second kappa shape index (κ2) is 8.04. The van der Waals surface area contributed by atoms with Gasteiger partial charge in [0.1, 0.15) is 5.69 Å². The molecule has 0 saturated heterocycles. The number of hydrogen-bond donors (Lipinski definition) is 0. The average Bonchev–Trinajstić information content (AvgIpc) is 2.75. The van der Waals surface area contributed by atoms with Crippen LogP contribution in [0.4, 0.5) is 0 Å². The molecule has 3 aromatic rings. The van der Waals surface area contributed by atoms with E-state index in [4.69, 9.17) is 23.7 Å². The molecule has 7 nitrogen and oxygen atoms in total. The molecule has 1 heterocycles. The van der Waals surface area contributed by atoms with Gasteiger partial charge in [-0.1, -0.05) is 0 Å². The molecule has 0 aliphatic rings. The van der Waals surface area contributed by atoms with E-state index in [1.54, 1.807) is 43.6 Å². The van der Waals surface area contributed by atoms with Crippen molar-refractivity contribution >= 4 is 16.6 Å². The lowest BCUT2D eigenvalue weighted by atomic mass is 10.0. The molecule has 1 aromatic heterocycles. The van der Waals surface area contributed by atoms with E-state index in [1.165, 1.54) is 28.4 Å². The number of methoxy groups -OCH3 is 5. The summed E-state index contributed by atoms with van der Waals surface area (Å²) in [4.78, 5) is 17.6. The molecule has 28 heavy (non-hydrogen) atoms. The summed E-state index contributed by atoms with van der Waals surface area (Å²) >= 11 is 0. The van der Waals surface area contributed by atoms with Crippen LogP contribution in [0.2, 0.25) is 0 Å². The molecular weight excluding hydrogens is 362 g/mol. The summed E-state index contributed by atoms with van der Waals surface area (Å²) in [6.45, 7) is 0. The van der Waals surface area contributed by atoms with Crippen molar-refractivity contribution in [2.45, 2.75) is 0 Å². The van der Waals surface area contributed by atoms with Crippen molar-refractivity contribution < 1.29 is 28.5 Å². The lowest BCUT2D eigenvalue weighted by Crippen LogP contribution is -2.07. The van der Waals surface area contributed by atoms with Crippen molar-refractivity contribution in [1.82, 2.24) is 4.98 Å². The lowest BCUT2D eigenvalue weighted by molar-refractivity contribution is 0.103. The molecule has 0 bridgehead atoms. The fourth-order valence-electron chi connectivity index (χ4n) is 3.09. The Balaban J connectivity index is 2.24. The minimum Gasteiger partial charge on any atom is -0.493 e. The lowest BCUT2D eigenvalue weighted by Gasteiger charge is -2.16. The molecule has 0 spiro atoms. The van der Waals surface area contributed by atoms with Gasteiger partial charge in [0.15, 0.2) is 23.0 Å². The van der Waals surface area contributed by atoms with Crippen molar-refractivity contribution in [2.24, 2.45) is 0 Å². The predicted octanol–water partition coefficient (Wildman–Crippen LogP) is 3.51. The topological polar surface area (TPSA) is 76.1 Å². The van der Waals surface area contributed by atoms with E-state index in [0.717, 1.165) is 5.39 Å². The van der Waals surface area contributed by atoms with Crippen molar-refractivity contribution in [3.63, 3.8) is 0 Å². The molecular formula is C21H21NO6. The van der Waals surface area contributed by atoms with Gasteiger partial charge in [0.05, 0.1) is 40.9 Å². The molecule has 0 aliphatic heterocycles. The van der Waals surface area contributed by atoms with E-state index >= 15 is 0 Å². The SMILES string of the molecule is COc1ccc(C(=O)c2nccc3cc(OC)c(OC)c(OC)c23)cc1OC. The second-order valence-corrected chi connectivity index (χ2v) is 5.80.